The van der Waals surface area contributed by atoms with Gasteiger partial charge in [0.2, 0.25) is 15.9 Å². The molecule has 9 nitrogen and oxygen atoms in total. The van der Waals surface area contributed by atoms with E-state index in [1.54, 1.807) is 10.5 Å². The number of benzene rings is 1. The predicted molar refractivity (Wildman–Crippen MR) is 136 cm³/mol. The van der Waals surface area contributed by atoms with Gasteiger partial charge in [-0.15, -0.1) is 5.10 Å². The summed E-state index contributed by atoms with van der Waals surface area (Å²) >= 11 is 9.97. The fourth-order valence-electron chi connectivity index (χ4n) is 5.20. The van der Waals surface area contributed by atoms with Crippen LogP contribution in [0.4, 0.5) is 0 Å². The molecule has 186 valence electrons. The Morgan fingerprint density at radius 3 is 2.60 bits per heavy atom. The third kappa shape index (κ3) is 4.69. The quantitative estimate of drug-likeness (QED) is 0.416. The average Bonchev–Trinajstić information content (AvgIpc) is 3.49. The molecule has 3 aromatic rings. The topological polar surface area (TPSA) is 93.5 Å². The minimum absolute atomic E-state index is 0.167. The molecular weight excluding hydrogens is 556 g/mol. The lowest BCUT2D eigenvalue weighted by molar-refractivity contribution is 0.102. The van der Waals surface area contributed by atoms with Crippen molar-refractivity contribution >= 4 is 48.6 Å². The van der Waals surface area contributed by atoms with Crippen molar-refractivity contribution < 1.29 is 13.2 Å². The predicted octanol–water partition coefficient (Wildman–Crippen LogP) is 4.05. The molecule has 2 atom stereocenters. The van der Waals surface area contributed by atoms with Gasteiger partial charge in [0.1, 0.15) is 11.3 Å². The van der Waals surface area contributed by atoms with Gasteiger partial charge in [-0.25, -0.2) is 18.1 Å². The van der Waals surface area contributed by atoms with Gasteiger partial charge in [0, 0.05) is 50.0 Å². The summed E-state index contributed by atoms with van der Waals surface area (Å²) in [5, 5.41) is 9.24. The SMILES string of the molecule is CS(=O)(=O)N1CC2CCC(C1)N2Cc1cc(Cl)cnc1Oc1ccc2c(nnn2CC2CC2)c1Br. The van der Waals surface area contributed by atoms with Crippen molar-refractivity contribution in [2.45, 2.75) is 50.9 Å². The molecule has 2 unspecified atom stereocenters. The summed E-state index contributed by atoms with van der Waals surface area (Å²) in [5.41, 5.74) is 2.60. The number of hydrogen-bond acceptors (Lipinski definition) is 7. The minimum Gasteiger partial charge on any atom is -0.437 e. The van der Waals surface area contributed by atoms with Gasteiger partial charge in [-0.05, 0) is 65.7 Å². The van der Waals surface area contributed by atoms with Crippen LogP contribution in [0.3, 0.4) is 0 Å². The molecule has 6 rings (SSSR count). The molecule has 1 aromatic carbocycles. The Balaban J connectivity index is 1.25. The molecule has 0 amide bonds. The van der Waals surface area contributed by atoms with E-state index in [1.165, 1.54) is 19.1 Å². The molecule has 2 aliphatic heterocycles. The van der Waals surface area contributed by atoms with Crippen molar-refractivity contribution in [1.82, 2.24) is 29.2 Å². The van der Waals surface area contributed by atoms with E-state index in [0.717, 1.165) is 40.5 Å². The number of nitrogens with zero attached hydrogens (tertiary/aromatic N) is 6. The van der Waals surface area contributed by atoms with Crippen LogP contribution in [0.5, 0.6) is 11.6 Å². The smallest absolute Gasteiger partial charge is 0.223 e. The van der Waals surface area contributed by atoms with Crippen LogP contribution >= 0.6 is 27.5 Å². The standard InChI is InChI=1S/C23H26BrClN6O3S/c1-35(32,33)29-12-17-4-5-18(13-29)30(17)11-15-8-16(25)9-26-23(15)34-20-7-6-19-22(21(20)24)27-28-31(19)10-14-2-3-14/h6-9,14,17-18H,2-5,10-13H2,1H3. The van der Waals surface area contributed by atoms with E-state index in [-0.39, 0.29) is 12.1 Å². The molecule has 0 N–H and O–H groups in total. The van der Waals surface area contributed by atoms with Gasteiger partial charge in [-0.1, -0.05) is 16.8 Å². The van der Waals surface area contributed by atoms with Crippen molar-refractivity contribution in [3.63, 3.8) is 0 Å². The molecule has 35 heavy (non-hydrogen) atoms. The first-order chi connectivity index (χ1) is 16.8. The van der Waals surface area contributed by atoms with E-state index in [9.17, 15) is 8.42 Å². The average molecular weight is 582 g/mol. The zero-order chi connectivity index (χ0) is 24.3. The monoisotopic (exact) mass is 580 g/mol. The zero-order valence-corrected chi connectivity index (χ0v) is 22.4. The van der Waals surface area contributed by atoms with Crippen LogP contribution in [0.25, 0.3) is 11.0 Å². The highest BCUT2D eigenvalue weighted by molar-refractivity contribution is 9.10. The molecule has 1 aliphatic carbocycles. The molecule has 2 bridgehead atoms. The van der Waals surface area contributed by atoms with Crippen LogP contribution in [-0.4, -0.2) is 69.0 Å². The van der Waals surface area contributed by atoms with Crippen LogP contribution < -0.4 is 4.74 Å². The van der Waals surface area contributed by atoms with Gasteiger partial charge in [-0.3, -0.25) is 4.90 Å². The van der Waals surface area contributed by atoms with E-state index >= 15 is 0 Å². The fraction of sp³-hybridized carbons (Fsp3) is 0.522. The van der Waals surface area contributed by atoms with Gasteiger partial charge in [-0.2, -0.15) is 4.31 Å². The number of ether oxygens (including phenoxy) is 1. The summed E-state index contributed by atoms with van der Waals surface area (Å²) in [5.74, 6) is 1.78. The molecule has 12 heteroatoms. The summed E-state index contributed by atoms with van der Waals surface area (Å²) in [6.45, 7) is 2.50. The molecule has 1 saturated carbocycles. The first kappa shape index (κ1) is 23.6. The van der Waals surface area contributed by atoms with Gasteiger partial charge in [0.15, 0.2) is 0 Å². The Hall–Kier alpha value is -1.79. The highest BCUT2D eigenvalue weighted by Crippen LogP contribution is 2.39. The lowest BCUT2D eigenvalue weighted by Crippen LogP contribution is -2.54. The van der Waals surface area contributed by atoms with Crippen molar-refractivity contribution in [2.24, 2.45) is 5.92 Å². The van der Waals surface area contributed by atoms with E-state index in [1.807, 2.05) is 22.9 Å². The van der Waals surface area contributed by atoms with Gasteiger partial charge < -0.3 is 4.74 Å². The lowest BCUT2D eigenvalue weighted by atomic mass is 10.1. The number of piperazine rings is 1. The third-order valence-electron chi connectivity index (χ3n) is 7.24. The van der Waals surface area contributed by atoms with Gasteiger partial charge >= 0.3 is 0 Å². The van der Waals surface area contributed by atoms with Gasteiger partial charge in [0.25, 0.3) is 0 Å². The van der Waals surface area contributed by atoms with Crippen molar-refractivity contribution in [3.8, 4) is 11.6 Å². The van der Waals surface area contributed by atoms with Gasteiger partial charge in [0.05, 0.1) is 21.3 Å². The number of aromatic nitrogens is 4. The van der Waals surface area contributed by atoms with Crippen molar-refractivity contribution in [1.29, 1.82) is 0 Å². The number of fused-ring (bicyclic) bond motifs is 3. The Morgan fingerprint density at radius 1 is 1.17 bits per heavy atom. The third-order valence-corrected chi connectivity index (χ3v) is 9.45. The highest BCUT2D eigenvalue weighted by Gasteiger charge is 2.42. The van der Waals surface area contributed by atoms with E-state index in [2.05, 4.69) is 36.1 Å². The molecule has 0 spiro atoms. The second kappa shape index (κ2) is 8.95. The summed E-state index contributed by atoms with van der Waals surface area (Å²) in [7, 11) is -3.20. The summed E-state index contributed by atoms with van der Waals surface area (Å²) in [4.78, 5) is 6.85. The lowest BCUT2D eigenvalue weighted by Gasteiger charge is -2.40. The normalized spacial score (nSPS) is 23.3. The number of sulfonamides is 1. The number of rotatable bonds is 7. The molecule has 2 aromatic heterocycles. The molecule has 2 saturated heterocycles. The Labute approximate surface area is 217 Å². The maximum atomic E-state index is 12.1. The van der Waals surface area contributed by atoms with E-state index in [0.29, 0.717) is 42.2 Å². The first-order valence-corrected chi connectivity index (χ1v) is 14.8. The van der Waals surface area contributed by atoms with Crippen LogP contribution in [0.2, 0.25) is 5.02 Å². The van der Waals surface area contributed by atoms with Crippen LogP contribution in [0, 0.1) is 5.92 Å². The molecular formula is C23H26BrClN6O3S. The summed E-state index contributed by atoms with van der Waals surface area (Å²) < 4.78 is 34.8. The van der Waals surface area contributed by atoms with Crippen LogP contribution in [0.1, 0.15) is 31.2 Å². The molecule has 4 heterocycles. The Bertz CT molecular complexity index is 1380. The Kier molecular flexibility index (Phi) is 6.03. The second-order valence-corrected chi connectivity index (χ2v) is 13.0. The highest BCUT2D eigenvalue weighted by atomic mass is 79.9. The second-order valence-electron chi connectivity index (χ2n) is 9.82. The van der Waals surface area contributed by atoms with Crippen molar-refractivity contribution in [3.05, 3.63) is 39.5 Å². The molecule has 3 aliphatic rings. The fourth-order valence-corrected chi connectivity index (χ4v) is 6.76. The number of pyridine rings is 1. The number of halogens is 2. The molecule has 0 radical (unpaired) electrons. The Morgan fingerprint density at radius 2 is 1.91 bits per heavy atom. The van der Waals surface area contributed by atoms with E-state index in [4.69, 9.17) is 16.3 Å². The van der Waals surface area contributed by atoms with E-state index < -0.39 is 10.0 Å². The summed E-state index contributed by atoms with van der Waals surface area (Å²) in [6.07, 6.45) is 7.31. The largest absolute Gasteiger partial charge is 0.437 e. The van der Waals surface area contributed by atoms with Crippen molar-refractivity contribution in [2.75, 3.05) is 19.3 Å². The number of hydrogen-bond donors (Lipinski definition) is 0. The maximum Gasteiger partial charge on any atom is 0.223 e. The zero-order valence-electron chi connectivity index (χ0n) is 19.3. The maximum absolute atomic E-state index is 12.1. The van der Waals surface area contributed by atoms with Crippen LogP contribution in [-0.2, 0) is 23.1 Å². The minimum atomic E-state index is -3.20. The molecule has 3 fully saturated rings. The van der Waals surface area contributed by atoms with Crippen LogP contribution in [0.15, 0.2) is 28.9 Å². The summed E-state index contributed by atoms with van der Waals surface area (Å²) in [6, 6.07) is 6.11. The first-order valence-electron chi connectivity index (χ1n) is 11.8.